The second kappa shape index (κ2) is 10.5. The van der Waals surface area contributed by atoms with Crippen LogP contribution in [0.25, 0.3) is 11.2 Å². The van der Waals surface area contributed by atoms with Crippen LogP contribution in [-0.2, 0) is 22.6 Å². The number of methoxy groups -OCH3 is 1. The van der Waals surface area contributed by atoms with Gasteiger partial charge in [0.15, 0.2) is 17.6 Å². The minimum atomic E-state index is -0.421. The number of carbonyl (C=O) groups excluding carboxylic acids is 1. The van der Waals surface area contributed by atoms with Crippen LogP contribution in [0.4, 0.5) is 5.82 Å². The number of ether oxygens (including phenoxy) is 1. The minimum absolute atomic E-state index is 0.0423. The van der Waals surface area contributed by atoms with E-state index in [1.807, 2.05) is 27.7 Å². The molecule has 0 radical (unpaired) electrons. The van der Waals surface area contributed by atoms with Gasteiger partial charge in [0.2, 0.25) is 0 Å². The molecule has 8 nitrogen and oxygen atoms in total. The summed E-state index contributed by atoms with van der Waals surface area (Å²) in [5.41, 5.74) is 5.10. The summed E-state index contributed by atoms with van der Waals surface area (Å²) in [6.45, 7) is 6.36. The molecular weight excluding hydrogens is 452 g/mol. The van der Waals surface area contributed by atoms with E-state index in [9.17, 15) is 4.79 Å². The SMILES string of the molecule is CO[C@@H]1C(=O)N(CCCn2cnc3c(NCc4ccccc4)ncnc32)[C@@H]1c1ccc(C(C)C)cc1. The maximum Gasteiger partial charge on any atom is 0.254 e. The van der Waals surface area contributed by atoms with E-state index in [1.54, 1.807) is 19.8 Å². The van der Waals surface area contributed by atoms with Gasteiger partial charge in [-0.25, -0.2) is 15.0 Å². The average Bonchev–Trinajstić information content (AvgIpc) is 3.32. The van der Waals surface area contributed by atoms with Gasteiger partial charge in [0.05, 0.1) is 12.4 Å². The summed E-state index contributed by atoms with van der Waals surface area (Å²) in [5.74, 6) is 1.23. The van der Waals surface area contributed by atoms with Gasteiger partial charge in [-0.15, -0.1) is 0 Å². The zero-order valence-corrected chi connectivity index (χ0v) is 21.0. The molecule has 4 aromatic rings. The molecule has 0 bridgehead atoms. The standard InChI is InChI=1S/C28H32N6O2/c1-19(2)21-10-12-22(13-11-21)24-25(36-3)28(35)34(24)15-7-14-33-18-32-23-26(30-17-31-27(23)33)29-16-20-8-5-4-6-9-20/h4-6,8-13,17-19,24-25H,7,14-16H2,1-3H3,(H,29,30,31)/t24-,25+/m1/s1. The highest BCUT2D eigenvalue weighted by Gasteiger charge is 2.48. The fourth-order valence-electron chi connectivity index (χ4n) is 4.80. The molecule has 2 aromatic heterocycles. The summed E-state index contributed by atoms with van der Waals surface area (Å²) in [4.78, 5) is 28.1. The van der Waals surface area contributed by atoms with Crippen molar-refractivity contribution in [1.82, 2.24) is 24.4 Å². The monoisotopic (exact) mass is 484 g/mol. The van der Waals surface area contributed by atoms with Crippen LogP contribution in [0.5, 0.6) is 0 Å². The molecule has 1 N–H and O–H groups in total. The van der Waals surface area contributed by atoms with Gasteiger partial charge >= 0.3 is 0 Å². The van der Waals surface area contributed by atoms with E-state index in [4.69, 9.17) is 4.74 Å². The van der Waals surface area contributed by atoms with Crippen LogP contribution in [0.1, 0.15) is 48.9 Å². The Labute approximate surface area is 211 Å². The highest BCUT2D eigenvalue weighted by molar-refractivity contribution is 5.89. The Hall–Kier alpha value is -3.78. The molecular formula is C28H32N6O2. The number of hydrogen-bond acceptors (Lipinski definition) is 6. The first kappa shape index (κ1) is 23.9. The quantitative estimate of drug-likeness (QED) is 0.333. The molecule has 1 aliphatic rings. The lowest BCUT2D eigenvalue weighted by Gasteiger charge is -2.46. The molecule has 3 heterocycles. The molecule has 0 aliphatic carbocycles. The molecule has 36 heavy (non-hydrogen) atoms. The van der Waals surface area contributed by atoms with E-state index in [0.29, 0.717) is 31.4 Å². The third-order valence-corrected chi connectivity index (χ3v) is 6.85. The van der Waals surface area contributed by atoms with Crippen LogP contribution in [0.15, 0.2) is 67.3 Å². The number of rotatable bonds is 10. The summed E-state index contributed by atoms with van der Waals surface area (Å²) >= 11 is 0. The molecule has 1 fully saturated rings. The summed E-state index contributed by atoms with van der Waals surface area (Å²) in [5, 5.41) is 3.37. The van der Waals surface area contributed by atoms with E-state index in [1.165, 1.54) is 11.1 Å². The Bertz CT molecular complexity index is 1320. The number of carbonyl (C=O) groups is 1. The number of likely N-dealkylation sites (tertiary alicyclic amines) is 1. The normalized spacial score (nSPS) is 17.6. The Balaban J connectivity index is 1.24. The highest BCUT2D eigenvalue weighted by Crippen LogP contribution is 2.37. The molecule has 1 saturated heterocycles. The van der Waals surface area contributed by atoms with Gasteiger partial charge in [-0.3, -0.25) is 4.79 Å². The van der Waals surface area contributed by atoms with Crippen LogP contribution in [0, 0.1) is 0 Å². The summed E-state index contributed by atoms with van der Waals surface area (Å²) in [6, 6.07) is 18.7. The maximum absolute atomic E-state index is 12.7. The summed E-state index contributed by atoms with van der Waals surface area (Å²) in [7, 11) is 1.61. The van der Waals surface area contributed by atoms with Crippen LogP contribution >= 0.6 is 0 Å². The third kappa shape index (κ3) is 4.68. The number of benzene rings is 2. The van der Waals surface area contributed by atoms with Crippen LogP contribution in [0.3, 0.4) is 0 Å². The summed E-state index contributed by atoms with van der Waals surface area (Å²) < 4.78 is 7.54. The first-order valence-corrected chi connectivity index (χ1v) is 12.4. The Morgan fingerprint density at radius 3 is 2.50 bits per heavy atom. The number of nitrogens with zero attached hydrogens (tertiary/aromatic N) is 5. The highest BCUT2D eigenvalue weighted by atomic mass is 16.5. The van der Waals surface area contributed by atoms with Gasteiger partial charge in [-0.2, -0.15) is 0 Å². The number of imidazole rings is 1. The smallest absolute Gasteiger partial charge is 0.254 e. The van der Waals surface area contributed by atoms with Gasteiger partial charge < -0.3 is 19.5 Å². The molecule has 1 amide bonds. The predicted octanol–water partition coefficient (Wildman–Crippen LogP) is 4.55. The van der Waals surface area contributed by atoms with Crippen molar-refractivity contribution in [2.45, 2.75) is 51.4 Å². The zero-order chi connectivity index (χ0) is 25.1. The van der Waals surface area contributed by atoms with Gasteiger partial charge in [-0.1, -0.05) is 68.4 Å². The lowest BCUT2D eigenvalue weighted by atomic mass is 9.89. The number of anilines is 1. The minimum Gasteiger partial charge on any atom is -0.369 e. The van der Waals surface area contributed by atoms with Crippen LogP contribution < -0.4 is 5.32 Å². The first-order chi connectivity index (χ1) is 17.6. The number of nitrogens with one attached hydrogen (secondary N) is 1. The molecule has 0 spiro atoms. The number of β-lactam (4-membered cyclic amide) rings is 1. The number of amides is 1. The Morgan fingerprint density at radius 1 is 1.00 bits per heavy atom. The van der Waals surface area contributed by atoms with Crippen molar-refractivity contribution in [2.24, 2.45) is 0 Å². The molecule has 2 atom stereocenters. The lowest BCUT2D eigenvalue weighted by Crippen LogP contribution is -2.59. The fraction of sp³-hybridized carbons (Fsp3) is 0.357. The van der Waals surface area contributed by atoms with Crippen molar-refractivity contribution < 1.29 is 9.53 Å². The molecule has 5 rings (SSSR count). The van der Waals surface area contributed by atoms with Crippen molar-refractivity contribution in [3.05, 3.63) is 83.9 Å². The topological polar surface area (TPSA) is 85.2 Å². The molecule has 8 heteroatoms. The van der Waals surface area contributed by atoms with E-state index >= 15 is 0 Å². The second-order valence-electron chi connectivity index (χ2n) is 9.48. The third-order valence-electron chi connectivity index (χ3n) is 6.85. The molecule has 2 aromatic carbocycles. The molecule has 0 unspecified atom stereocenters. The van der Waals surface area contributed by atoms with Crippen molar-refractivity contribution in [3.8, 4) is 0 Å². The van der Waals surface area contributed by atoms with E-state index in [0.717, 1.165) is 23.1 Å². The largest absolute Gasteiger partial charge is 0.369 e. The number of fused-ring (bicyclic) bond motifs is 1. The van der Waals surface area contributed by atoms with Crippen molar-refractivity contribution in [2.75, 3.05) is 19.0 Å². The average molecular weight is 485 g/mol. The van der Waals surface area contributed by atoms with Gasteiger partial charge in [0.25, 0.3) is 5.91 Å². The van der Waals surface area contributed by atoms with Crippen LogP contribution in [0.2, 0.25) is 0 Å². The van der Waals surface area contributed by atoms with Crippen molar-refractivity contribution >= 4 is 22.9 Å². The van der Waals surface area contributed by atoms with E-state index in [-0.39, 0.29) is 11.9 Å². The molecule has 0 saturated carbocycles. The fourth-order valence-corrected chi connectivity index (χ4v) is 4.80. The van der Waals surface area contributed by atoms with E-state index in [2.05, 4.69) is 70.5 Å². The van der Waals surface area contributed by atoms with Crippen molar-refractivity contribution in [1.29, 1.82) is 0 Å². The first-order valence-electron chi connectivity index (χ1n) is 12.4. The number of aryl methyl sites for hydroxylation is 1. The predicted molar refractivity (Wildman–Crippen MR) is 139 cm³/mol. The lowest BCUT2D eigenvalue weighted by molar-refractivity contribution is -0.171. The number of hydrogen-bond donors (Lipinski definition) is 1. The Kier molecular flexibility index (Phi) is 6.95. The molecule has 1 aliphatic heterocycles. The second-order valence-corrected chi connectivity index (χ2v) is 9.48. The van der Waals surface area contributed by atoms with Gasteiger partial charge in [-0.05, 0) is 29.0 Å². The van der Waals surface area contributed by atoms with Gasteiger partial charge in [0, 0.05) is 26.7 Å². The van der Waals surface area contributed by atoms with Crippen molar-refractivity contribution in [3.63, 3.8) is 0 Å². The zero-order valence-electron chi connectivity index (χ0n) is 21.0. The van der Waals surface area contributed by atoms with Crippen LogP contribution in [-0.4, -0.2) is 50.1 Å². The maximum atomic E-state index is 12.7. The van der Waals surface area contributed by atoms with Gasteiger partial charge in [0.1, 0.15) is 11.8 Å². The number of aromatic nitrogens is 4. The molecule has 186 valence electrons. The summed E-state index contributed by atoms with van der Waals surface area (Å²) in [6.07, 6.45) is 3.72. The van der Waals surface area contributed by atoms with E-state index < -0.39 is 6.10 Å². The Morgan fingerprint density at radius 2 is 1.78 bits per heavy atom.